The molecule has 0 aromatic heterocycles. The summed E-state index contributed by atoms with van der Waals surface area (Å²) in [6.45, 7) is 13.8. The number of hydrogen-bond donors (Lipinski definition) is 0. The highest BCUT2D eigenvalue weighted by Gasteiger charge is 2.38. The maximum Gasteiger partial charge on any atom is 0.225 e. The molecule has 0 saturated heterocycles. The van der Waals surface area contributed by atoms with Crippen LogP contribution in [0.4, 0.5) is 0 Å². The molecule has 2 heteroatoms. The highest BCUT2D eigenvalue weighted by atomic mass is 16.2. The van der Waals surface area contributed by atoms with Crippen LogP contribution in [0.2, 0.25) is 0 Å². The van der Waals surface area contributed by atoms with Gasteiger partial charge in [-0.15, -0.1) is 0 Å². The first-order valence-electron chi connectivity index (χ1n) is 6.58. The van der Waals surface area contributed by atoms with Crippen molar-refractivity contribution in [3.63, 3.8) is 0 Å². The third kappa shape index (κ3) is 2.99. The molecule has 1 fully saturated rings. The maximum atomic E-state index is 12.3. The highest BCUT2D eigenvalue weighted by molar-refractivity contribution is 5.79. The number of nitrogens with zero attached hydrogens (tertiary/aromatic N) is 1. The van der Waals surface area contributed by atoms with Crippen molar-refractivity contribution in [1.82, 2.24) is 4.90 Å². The van der Waals surface area contributed by atoms with E-state index in [9.17, 15) is 4.79 Å². The molecule has 2 nitrogen and oxygen atoms in total. The number of amides is 1. The van der Waals surface area contributed by atoms with Gasteiger partial charge in [0.25, 0.3) is 0 Å². The van der Waals surface area contributed by atoms with Gasteiger partial charge >= 0.3 is 0 Å². The Hall–Kier alpha value is -0.530. The van der Waals surface area contributed by atoms with E-state index in [1.807, 2.05) is 13.8 Å². The third-order valence-electron chi connectivity index (χ3n) is 4.01. The average Bonchev–Trinajstić information content (AvgIpc) is 2.95. The SMILES string of the molecule is CC(C)C(=O)N(CC1CC1)C(C)(C)C(C)C. The van der Waals surface area contributed by atoms with Crippen LogP contribution in [0.15, 0.2) is 0 Å². The Labute approximate surface area is 100 Å². The van der Waals surface area contributed by atoms with Crippen molar-refractivity contribution in [1.29, 1.82) is 0 Å². The summed E-state index contributed by atoms with van der Waals surface area (Å²) in [5, 5.41) is 0. The summed E-state index contributed by atoms with van der Waals surface area (Å²) in [5.74, 6) is 1.68. The van der Waals surface area contributed by atoms with Crippen LogP contribution in [0.5, 0.6) is 0 Å². The van der Waals surface area contributed by atoms with E-state index in [4.69, 9.17) is 0 Å². The van der Waals surface area contributed by atoms with Crippen LogP contribution >= 0.6 is 0 Å². The average molecular weight is 225 g/mol. The van der Waals surface area contributed by atoms with Crippen LogP contribution in [0.25, 0.3) is 0 Å². The number of carbonyl (C=O) groups is 1. The Kier molecular flexibility index (Phi) is 4.03. The van der Waals surface area contributed by atoms with Crippen molar-refractivity contribution in [2.75, 3.05) is 6.54 Å². The van der Waals surface area contributed by atoms with Crippen LogP contribution in [0.1, 0.15) is 54.4 Å². The molecule has 0 heterocycles. The zero-order chi connectivity index (χ0) is 12.5. The molecule has 1 saturated carbocycles. The normalized spacial score (nSPS) is 17.0. The molecule has 0 radical (unpaired) electrons. The van der Waals surface area contributed by atoms with Crippen molar-refractivity contribution in [3.8, 4) is 0 Å². The molecule has 0 N–H and O–H groups in total. The summed E-state index contributed by atoms with van der Waals surface area (Å²) in [7, 11) is 0. The fourth-order valence-electron chi connectivity index (χ4n) is 1.79. The molecule has 0 aromatic rings. The van der Waals surface area contributed by atoms with Gasteiger partial charge in [-0.25, -0.2) is 0 Å². The molecule has 0 unspecified atom stereocenters. The lowest BCUT2D eigenvalue weighted by Crippen LogP contribution is -2.53. The Morgan fingerprint density at radius 1 is 1.25 bits per heavy atom. The van der Waals surface area contributed by atoms with Gasteiger partial charge in [-0.3, -0.25) is 4.79 Å². The Morgan fingerprint density at radius 2 is 1.75 bits per heavy atom. The standard InChI is InChI=1S/C14H27NO/c1-10(2)13(16)15(9-12-7-8-12)14(5,6)11(3)4/h10-12H,7-9H2,1-6H3. The Morgan fingerprint density at radius 3 is 2.06 bits per heavy atom. The highest BCUT2D eigenvalue weighted by Crippen LogP contribution is 2.34. The lowest BCUT2D eigenvalue weighted by molar-refractivity contribution is -0.142. The minimum atomic E-state index is -0.0239. The molecule has 94 valence electrons. The largest absolute Gasteiger partial charge is 0.337 e. The van der Waals surface area contributed by atoms with E-state index in [1.54, 1.807) is 0 Å². The molecule has 16 heavy (non-hydrogen) atoms. The molecule has 0 bridgehead atoms. The minimum Gasteiger partial charge on any atom is -0.337 e. The molecule has 0 spiro atoms. The van der Waals surface area contributed by atoms with E-state index >= 15 is 0 Å². The van der Waals surface area contributed by atoms with Crippen LogP contribution in [0.3, 0.4) is 0 Å². The predicted molar refractivity (Wildman–Crippen MR) is 68.2 cm³/mol. The molecule has 1 rings (SSSR count). The fourth-order valence-corrected chi connectivity index (χ4v) is 1.79. The van der Waals surface area contributed by atoms with Gasteiger partial charge < -0.3 is 4.90 Å². The first kappa shape index (κ1) is 13.5. The second-order valence-corrected chi connectivity index (χ2v) is 6.36. The summed E-state index contributed by atoms with van der Waals surface area (Å²) in [4.78, 5) is 14.4. The summed E-state index contributed by atoms with van der Waals surface area (Å²) in [6.07, 6.45) is 2.60. The van der Waals surface area contributed by atoms with E-state index in [2.05, 4.69) is 32.6 Å². The first-order chi connectivity index (χ1) is 7.26. The van der Waals surface area contributed by atoms with E-state index in [-0.39, 0.29) is 11.5 Å². The summed E-state index contributed by atoms with van der Waals surface area (Å²) in [5.41, 5.74) is -0.0239. The quantitative estimate of drug-likeness (QED) is 0.703. The van der Waals surface area contributed by atoms with Gasteiger partial charge in [-0.2, -0.15) is 0 Å². The predicted octanol–water partition coefficient (Wildman–Crippen LogP) is 3.32. The zero-order valence-electron chi connectivity index (χ0n) is 11.7. The Balaban J connectivity index is 2.80. The van der Waals surface area contributed by atoms with Crippen molar-refractivity contribution >= 4 is 5.91 Å². The number of hydrogen-bond acceptors (Lipinski definition) is 1. The van der Waals surface area contributed by atoms with Gasteiger partial charge in [0.15, 0.2) is 0 Å². The van der Waals surface area contributed by atoms with Gasteiger partial charge in [0, 0.05) is 18.0 Å². The van der Waals surface area contributed by atoms with Crippen LogP contribution in [-0.4, -0.2) is 22.9 Å². The molecule has 1 aliphatic rings. The van der Waals surface area contributed by atoms with Crippen molar-refractivity contribution in [3.05, 3.63) is 0 Å². The second kappa shape index (κ2) is 4.77. The zero-order valence-corrected chi connectivity index (χ0v) is 11.7. The topological polar surface area (TPSA) is 20.3 Å². The molecular weight excluding hydrogens is 198 g/mol. The third-order valence-corrected chi connectivity index (χ3v) is 4.01. The lowest BCUT2D eigenvalue weighted by Gasteiger charge is -2.43. The smallest absolute Gasteiger partial charge is 0.225 e. The van der Waals surface area contributed by atoms with Gasteiger partial charge in [0.2, 0.25) is 5.91 Å². The minimum absolute atomic E-state index is 0.0239. The summed E-state index contributed by atoms with van der Waals surface area (Å²) < 4.78 is 0. The Bertz CT molecular complexity index is 251. The molecule has 0 atom stereocenters. The van der Waals surface area contributed by atoms with E-state index < -0.39 is 0 Å². The van der Waals surface area contributed by atoms with E-state index in [1.165, 1.54) is 12.8 Å². The van der Waals surface area contributed by atoms with Crippen LogP contribution < -0.4 is 0 Å². The number of carbonyl (C=O) groups excluding carboxylic acids is 1. The molecule has 0 aromatic carbocycles. The number of rotatable bonds is 5. The van der Waals surface area contributed by atoms with E-state index in [0.717, 1.165) is 12.5 Å². The fraction of sp³-hybridized carbons (Fsp3) is 0.929. The first-order valence-corrected chi connectivity index (χ1v) is 6.58. The van der Waals surface area contributed by atoms with Gasteiger partial charge in [-0.05, 0) is 38.5 Å². The maximum absolute atomic E-state index is 12.3. The summed E-state index contributed by atoms with van der Waals surface area (Å²) in [6, 6.07) is 0. The van der Waals surface area contributed by atoms with Gasteiger partial charge in [0.1, 0.15) is 0 Å². The molecule has 0 aliphatic heterocycles. The van der Waals surface area contributed by atoms with Crippen LogP contribution in [-0.2, 0) is 4.79 Å². The van der Waals surface area contributed by atoms with Crippen LogP contribution in [0, 0.1) is 17.8 Å². The monoisotopic (exact) mass is 225 g/mol. The molecule has 1 aliphatic carbocycles. The summed E-state index contributed by atoms with van der Waals surface area (Å²) >= 11 is 0. The van der Waals surface area contributed by atoms with Crippen molar-refractivity contribution in [2.45, 2.75) is 59.9 Å². The van der Waals surface area contributed by atoms with Crippen molar-refractivity contribution < 1.29 is 4.79 Å². The van der Waals surface area contributed by atoms with Gasteiger partial charge in [0.05, 0.1) is 0 Å². The molecular formula is C14H27NO. The van der Waals surface area contributed by atoms with Crippen molar-refractivity contribution in [2.24, 2.45) is 17.8 Å². The van der Waals surface area contributed by atoms with E-state index in [0.29, 0.717) is 11.8 Å². The van der Waals surface area contributed by atoms with Gasteiger partial charge in [-0.1, -0.05) is 27.7 Å². The molecule has 1 amide bonds. The lowest BCUT2D eigenvalue weighted by atomic mass is 9.87. The second-order valence-electron chi connectivity index (χ2n) is 6.36.